The molecule has 0 fully saturated rings. The van der Waals surface area contributed by atoms with Gasteiger partial charge >= 0.3 is 17.4 Å². The Bertz CT molecular complexity index is 4340. The van der Waals surface area contributed by atoms with Crippen molar-refractivity contribution in [3.63, 3.8) is 0 Å². The zero-order chi connectivity index (χ0) is 64.6. The zero-order valence-electron chi connectivity index (χ0n) is 52.4. The first-order chi connectivity index (χ1) is 43.8. The maximum Gasteiger partial charge on any atom is 0.643 e. The van der Waals surface area contributed by atoms with Gasteiger partial charge in [0.05, 0.1) is 12.2 Å². The van der Waals surface area contributed by atoms with E-state index >= 15 is 0 Å². The van der Waals surface area contributed by atoms with E-state index in [9.17, 15) is 4.79 Å². The summed E-state index contributed by atoms with van der Waals surface area (Å²) >= 11 is -1.72. The average molecular weight is 1290 g/mol. The molecule has 0 atom stereocenters. The van der Waals surface area contributed by atoms with Gasteiger partial charge in [-0.2, -0.15) is 0 Å². The van der Waals surface area contributed by atoms with Crippen molar-refractivity contribution in [1.82, 2.24) is 0 Å². The number of aliphatic hydroxyl groups is 1. The van der Waals surface area contributed by atoms with Crippen LogP contribution in [0.3, 0.4) is 0 Å². The third kappa shape index (κ3) is 15.1. The summed E-state index contributed by atoms with van der Waals surface area (Å²) in [5.41, 5.74) is 47.4. The van der Waals surface area contributed by atoms with Gasteiger partial charge in [-0.25, -0.2) is 34.9 Å². The molecule has 6 aliphatic carbocycles. The summed E-state index contributed by atoms with van der Waals surface area (Å²) in [7, 11) is 14.8. The Morgan fingerprint density at radius 2 is 0.663 bits per heavy atom. The number of carboxylic acids is 1. The van der Waals surface area contributed by atoms with Crippen molar-refractivity contribution in [2.45, 2.75) is 86.2 Å². The summed E-state index contributed by atoms with van der Waals surface area (Å²) in [4.78, 5) is 10.3. The lowest BCUT2D eigenvalue weighted by Gasteiger charge is -2.43. The van der Waals surface area contributed by atoms with Gasteiger partial charge in [0.15, 0.2) is 0 Å². The molecule has 6 aliphatic rings. The van der Waals surface area contributed by atoms with E-state index in [0.29, 0.717) is 17.5 Å². The van der Waals surface area contributed by atoms with E-state index in [1.807, 2.05) is 48.5 Å². The molecule has 10 heteroatoms. The molecule has 464 valence electrons. The van der Waals surface area contributed by atoms with Crippen LogP contribution in [0.4, 0.5) is 17.1 Å². The average Bonchev–Trinajstić information content (AvgIpc) is 0.712. The summed E-state index contributed by atoms with van der Waals surface area (Å²) < 4.78 is 0. The molecule has 12 aromatic rings. The maximum absolute atomic E-state index is 10.3. The van der Waals surface area contributed by atoms with Gasteiger partial charge in [0.2, 0.25) is 0 Å². The van der Waals surface area contributed by atoms with E-state index in [1.165, 1.54) is 122 Å². The number of aliphatic hydroxyl groups excluding tert-OH is 1. The first-order valence-corrected chi connectivity index (χ1v) is 35.8. The Hall–Kier alpha value is -8.61. The number of nitrogens with two attached hydrogens (primary N) is 3. The topological polar surface area (TPSA) is 136 Å². The van der Waals surface area contributed by atoms with Crippen LogP contribution < -0.4 is 17.2 Å². The number of aryl methyl sites for hydroxylation is 7. The predicted octanol–water partition coefficient (Wildman–Crippen LogP) is 20.8. The van der Waals surface area contributed by atoms with Gasteiger partial charge in [0.1, 0.15) is 0 Å². The van der Waals surface area contributed by atoms with Crippen LogP contribution in [0.1, 0.15) is 153 Å². The highest BCUT2D eigenvalue weighted by molar-refractivity contribution is 7.54. The summed E-state index contributed by atoms with van der Waals surface area (Å²) in [5.74, 6) is 0.355. The van der Waals surface area contributed by atoms with Crippen molar-refractivity contribution in [1.29, 1.82) is 0 Å². The van der Waals surface area contributed by atoms with E-state index in [0.717, 1.165) is 28.1 Å². The first kappa shape index (κ1) is 67.8. The van der Waals surface area contributed by atoms with Crippen LogP contribution in [0.15, 0.2) is 243 Å². The minimum absolute atomic E-state index is 0. The predicted molar refractivity (Wildman–Crippen MR) is 393 cm³/mol. The van der Waals surface area contributed by atoms with Crippen LogP contribution in [0.25, 0.3) is 21.5 Å². The molecule has 18 rings (SSSR count). The minimum Gasteiger partial charge on any atom is -0.478 e. The fraction of sp³-hybridized carbons (Fsp3) is 0.159. The molecule has 0 saturated carbocycles. The smallest absolute Gasteiger partial charge is 0.478 e. The maximum atomic E-state index is 10.3. The number of rotatable bonds is 2. The standard InChI is InChI=1S/C22H20N2.C22H18.C16H14.C7H7NO2.C7H8O.C7H8.CH4.Al.3ClH/c1-11-7-15-17(9-19(11)23)22-14-6-4-3-5-13(14)21(15)16-8-12(2)20(24)10-18(16)22;1-13-7-9-17-19(11-13)22-16-6-4-3-5-15(16)21(17)18-10-8-14(2)12-20(18)22;1-11-3-5-13-9-14-6-4-12(2)8-16(14)10-15(13)7-11;8-6-4-2-1-3-5(6)7(9)10;8-6-7-4-2-1-3-5-7;1-7-5-3-2-4-6-7;;;;;/h3-10,21-22H,23-24H2,1-2H3;3-12,21-22H,1-2H3;3-10H,1-2H3;1-4H,8H2,(H,9,10);1-5,8H,6H2;2-6H,1H3;1H4;;3*1H/q;;;;;;;+3;;;/p-3. The van der Waals surface area contributed by atoms with Crippen LogP contribution in [-0.4, -0.2) is 27.6 Å². The number of hydrogen-bond acceptors (Lipinski definition) is 5. The van der Waals surface area contributed by atoms with Gasteiger partial charge in [-0.1, -0.05) is 242 Å². The number of carboxylic acid groups (broad SMARTS) is 1. The van der Waals surface area contributed by atoms with Gasteiger partial charge in [-0.05, 0) is 190 Å². The SMILES string of the molecule is C.Cc1cc2c(cc1N)C1c3ccccc3C2c2cc(C)c(N)cc21.Cc1ccc2c(c1)C1c3ccccc3C2c2ccc(C)cc21.Cc1ccc2cc3ccc(C)cc3cc2c1.Cc1ccccc1.Nc1ccccc1C(=O)O.OCc1ccccc1.[Cl][Al]([Cl])[Cl]. The highest BCUT2D eigenvalue weighted by atomic mass is 35.8. The summed E-state index contributed by atoms with van der Waals surface area (Å²) in [6, 6.07) is 84.7. The molecule has 6 nitrogen and oxygen atoms in total. The van der Waals surface area contributed by atoms with Gasteiger partial charge in [0.25, 0.3) is 0 Å². The third-order valence-electron chi connectivity index (χ3n) is 17.4. The van der Waals surface area contributed by atoms with Crippen molar-refractivity contribution >= 4 is 86.1 Å². The van der Waals surface area contributed by atoms with Crippen molar-refractivity contribution < 1.29 is 15.0 Å². The number of nitrogen functional groups attached to an aromatic ring is 3. The Morgan fingerprint density at radius 1 is 0.348 bits per heavy atom. The Labute approximate surface area is 559 Å². The van der Waals surface area contributed by atoms with Gasteiger partial charge < -0.3 is 27.4 Å². The molecule has 0 radical (unpaired) electrons. The molecule has 0 aliphatic heterocycles. The molecule has 0 heterocycles. The van der Waals surface area contributed by atoms with Crippen molar-refractivity contribution in [3.05, 3.63) is 359 Å². The molecule has 0 aromatic heterocycles. The zero-order valence-corrected chi connectivity index (χ0v) is 55.8. The van der Waals surface area contributed by atoms with Crippen molar-refractivity contribution in [2.75, 3.05) is 17.2 Å². The van der Waals surface area contributed by atoms with Crippen LogP contribution in [0, 0.1) is 48.5 Å². The second kappa shape index (κ2) is 30.2. The van der Waals surface area contributed by atoms with Crippen LogP contribution in [0.2, 0.25) is 0 Å². The van der Waals surface area contributed by atoms with E-state index in [4.69, 9.17) is 57.6 Å². The molecule has 0 amide bonds. The third-order valence-corrected chi connectivity index (χ3v) is 17.4. The number of hydrogen-bond donors (Lipinski definition) is 5. The molecule has 4 bridgehead atoms. The number of carbonyl (C=O) groups is 1. The van der Waals surface area contributed by atoms with Gasteiger partial charge in [-0.15, -0.1) is 0 Å². The first-order valence-electron chi connectivity index (χ1n) is 30.6. The summed E-state index contributed by atoms with van der Waals surface area (Å²) in [5, 5.41) is 22.3. The van der Waals surface area contributed by atoms with Crippen molar-refractivity contribution in [2.24, 2.45) is 0 Å². The second-order valence-electron chi connectivity index (χ2n) is 23.9. The lowest BCUT2D eigenvalue weighted by Crippen LogP contribution is -2.28. The molecule has 0 unspecified atom stereocenters. The Balaban J connectivity index is 0.000000135. The highest BCUT2D eigenvalue weighted by Gasteiger charge is 2.43. The molecular weight excluding hydrogens is 1210 g/mol. The molecule has 0 spiro atoms. The Kier molecular flexibility index (Phi) is 22.3. The number of fused-ring (bicyclic) bond motifs is 2. The fourth-order valence-electron chi connectivity index (χ4n) is 13.1. The molecule has 8 N–H and O–H groups in total. The summed E-state index contributed by atoms with van der Waals surface area (Å²) in [6.07, 6.45) is 0. The van der Waals surface area contributed by atoms with E-state index in [2.05, 4.69) is 218 Å². The summed E-state index contributed by atoms with van der Waals surface area (Å²) in [6.45, 7) is 15.1. The Morgan fingerprint density at radius 3 is 1.02 bits per heavy atom. The number of halogens is 3. The second-order valence-corrected chi connectivity index (χ2v) is 30.4. The molecule has 12 aromatic carbocycles. The van der Waals surface area contributed by atoms with E-state index < -0.39 is 17.4 Å². The molecular formula is C82H79AlCl3N3O3. The normalized spacial score (nSPS) is 14.6. The monoisotopic (exact) mass is 1290 g/mol. The number of aromatic carboxylic acids is 1. The van der Waals surface area contributed by atoms with Crippen LogP contribution in [0.5, 0.6) is 0 Å². The lowest BCUT2D eigenvalue weighted by atomic mass is 9.60. The van der Waals surface area contributed by atoms with E-state index in [-0.39, 0.29) is 31.4 Å². The number of benzene rings is 12. The molecule has 92 heavy (non-hydrogen) atoms. The van der Waals surface area contributed by atoms with Crippen molar-refractivity contribution in [3.8, 4) is 0 Å². The fourth-order valence-corrected chi connectivity index (χ4v) is 13.1. The van der Waals surface area contributed by atoms with E-state index in [1.54, 1.807) is 18.2 Å². The number of para-hydroxylation sites is 1. The quantitative estimate of drug-likeness (QED) is 0.0665. The van der Waals surface area contributed by atoms with Crippen LogP contribution in [-0.2, 0) is 6.61 Å². The van der Waals surface area contributed by atoms with Gasteiger partial charge in [-0.3, -0.25) is 0 Å². The lowest BCUT2D eigenvalue weighted by molar-refractivity contribution is 0.0698. The van der Waals surface area contributed by atoms with Crippen LogP contribution >= 0.6 is 30.1 Å². The number of anilines is 3. The highest BCUT2D eigenvalue weighted by Crippen LogP contribution is 2.58. The minimum atomic E-state index is -1.72. The molecule has 0 saturated heterocycles. The van der Waals surface area contributed by atoms with Gasteiger partial charge in [0, 0.05) is 40.7 Å². The largest absolute Gasteiger partial charge is 0.643 e.